The maximum atomic E-state index is 4.45. The van der Waals surface area contributed by atoms with Crippen LogP contribution < -0.4 is 10.2 Å². The van der Waals surface area contributed by atoms with Crippen LogP contribution in [0.25, 0.3) is 0 Å². The molecule has 1 aromatic rings. The van der Waals surface area contributed by atoms with Crippen molar-refractivity contribution in [3.8, 4) is 0 Å². The third-order valence-electron chi connectivity index (χ3n) is 2.51. The van der Waals surface area contributed by atoms with E-state index in [4.69, 9.17) is 0 Å². The van der Waals surface area contributed by atoms with Crippen LogP contribution in [0.2, 0.25) is 0 Å². The van der Waals surface area contributed by atoms with Crippen molar-refractivity contribution in [2.75, 3.05) is 36.3 Å². The molecule has 0 saturated heterocycles. The molecule has 4 nitrogen and oxygen atoms in total. The van der Waals surface area contributed by atoms with Crippen LogP contribution >= 0.6 is 11.8 Å². The van der Waals surface area contributed by atoms with Crippen molar-refractivity contribution in [3.63, 3.8) is 0 Å². The Hall–Kier alpha value is -0.970. The molecule has 0 aromatic carbocycles. The minimum absolute atomic E-state index is 0.467. The molecule has 1 atom stereocenters. The molecule has 90 valence electrons. The number of hydrogen-bond acceptors (Lipinski definition) is 5. The quantitative estimate of drug-likeness (QED) is 0.852. The van der Waals surface area contributed by atoms with Crippen LogP contribution in [-0.2, 0) is 0 Å². The molecule has 0 saturated carbocycles. The smallest absolute Gasteiger partial charge is 0.134 e. The Bertz CT molecular complexity index is 343. The van der Waals surface area contributed by atoms with Crippen molar-refractivity contribution in [1.29, 1.82) is 0 Å². The second kappa shape index (κ2) is 5.94. The molecule has 1 rings (SSSR count). The molecule has 0 spiro atoms. The molecule has 0 aliphatic heterocycles. The normalized spacial score (nSPS) is 12.3. The van der Waals surface area contributed by atoms with E-state index in [0.29, 0.717) is 6.04 Å². The number of anilines is 2. The van der Waals surface area contributed by atoms with E-state index in [0.717, 1.165) is 23.2 Å². The highest BCUT2D eigenvalue weighted by Crippen LogP contribution is 2.17. The summed E-state index contributed by atoms with van der Waals surface area (Å²) in [6.07, 6.45) is 2.12. The van der Waals surface area contributed by atoms with E-state index in [9.17, 15) is 0 Å². The first kappa shape index (κ1) is 13.1. The van der Waals surface area contributed by atoms with E-state index >= 15 is 0 Å². The topological polar surface area (TPSA) is 41.0 Å². The summed E-state index contributed by atoms with van der Waals surface area (Å²) in [5, 5.41) is 3.05. The molecule has 1 aromatic heterocycles. The molecule has 0 bridgehead atoms. The summed E-state index contributed by atoms with van der Waals surface area (Å²) in [6.45, 7) is 4.12. The minimum atomic E-state index is 0.467. The van der Waals surface area contributed by atoms with E-state index in [1.54, 1.807) is 0 Å². The molecule has 1 unspecified atom stereocenters. The van der Waals surface area contributed by atoms with E-state index in [-0.39, 0.29) is 0 Å². The zero-order chi connectivity index (χ0) is 12.1. The summed E-state index contributed by atoms with van der Waals surface area (Å²) in [5.74, 6) is 3.73. The second-order valence-corrected chi connectivity index (χ2v) is 4.73. The molecule has 16 heavy (non-hydrogen) atoms. The lowest BCUT2D eigenvalue weighted by molar-refractivity contribution is 0.749. The zero-order valence-corrected chi connectivity index (χ0v) is 11.4. The first-order chi connectivity index (χ1) is 7.58. The summed E-state index contributed by atoms with van der Waals surface area (Å²) < 4.78 is 0. The van der Waals surface area contributed by atoms with Crippen LogP contribution in [0.3, 0.4) is 0 Å². The van der Waals surface area contributed by atoms with Gasteiger partial charge in [-0.15, -0.1) is 0 Å². The lowest BCUT2D eigenvalue weighted by Gasteiger charge is -2.25. The highest BCUT2D eigenvalue weighted by Gasteiger charge is 2.12. The summed E-state index contributed by atoms with van der Waals surface area (Å²) in [7, 11) is 3.94. The largest absolute Gasteiger partial charge is 0.373 e. The summed E-state index contributed by atoms with van der Waals surface area (Å²) in [4.78, 5) is 10.9. The summed E-state index contributed by atoms with van der Waals surface area (Å²) in [5.41, 5.74) is 0. The number of aryl methyl sites for hydroxylation is 1. The average Bonchev–Trinajstić information content (AvgIpc) is 2.27. The van der Waals surface area contributed by atoms with Crippen LogP contribution in [0, 0.1) is 6.92 Å². The van der Waals surface area contributed by atoms with Gasteiger partial charge in [-0.25, -0.2) is 9.97 Å². The van der Waals surface area contributed by atoms with Gasteiger partial charge in [0.25, 0.3) is 0 Å². The second-order valence-electron chi connectivity index (χ2n) is 3.82. The van der Waals surface area contributed by atoms with Crippen LogP contribution in [0.15, 0.2) is 6.07 Å². The van der Waals surface area contributed by atoms with Gasteiger partial charge in [-0.1, -0.05) is 0 Å². The van der Waals surface area contributed by atoms with Gasteiger partial charge in [0, 0.05) is 32.0 Å². The van der Waals surface area contributed by atoms with E-state index in [1.165, 1.54) is 0 Å². The zero-order valence-electron chi connectivity index (χ0n) is 10.6. The fourth-order valence-corrected chi connectivity index (χ4v) is 2.15. The molecule has 5 heteroatoms. The van der Waals surface area contributed by atoms with Crippen LogP contribution in [-0.4, -0.2) is 42.1 Å². The first-order valence-corrected chi connectivity index (χ1v) is 6.73. The van der Waals surface area contributed by atoms with Crippen molar-refractivity contribution < 1.29 is 0 Å². The predicted octanol–water partition coefficient (Wildman–Crippen LogP) is 2.01. The van der Waals surface area contributed by atoms with Gasteiger partial charge in [-0.3, -0.25) is 0 Å². The monoisotopic (exact) mass is 240 g/mol. The van der Waals surface area contributed by atoms with E-state index < -0.39 is 0 Å². The number of nitrogens with zero attached hydrogens (tertiary/aromatic N) is 3. The predicted molar refractivity (Wildman–Crippen MR) is 72.6 cm³/mol. The van der Waals surface area contributed by atoms with Gasteiger partial charge in [0.05, 0.1) is 0 Å². The number of rotatable bonds is 5. The summed E-state index contributed by atoms with van der Waals surface area (Å²) in [6, 6.07) is 2.44. The van der Waals surface area contributed by atoms with Crippen molar-refractivity contribution in [3.05, 3.63) is 11.9 Å². The number of aromatic nitrogens is 2. The SMILES string of the molecule is CNc1cc(N(C)C(C)CSC)nc(C)n1. The Morgan fingerprint density at radius 1 is 1.50 bits per heavy atom. The Morgan fingerprint density at radius 2 is 2.19 bits per heavy atom. The van der Waals surface area contributed by atoms with Crippen molar-refractivity contribution >= 4 is 23.4 Å². The van der Waals surface area contributed by atoms with E-state index in [2.05, 4.69) is 40.4 Å². The highest BCUT2D eigenvalue weighted by atomic mass is 32.2. The third kappa shape index (κ3) is 3.27. The Balaban J connectivity index is 2.89. The average molecular weight is 240 g/mol. The lowest BCUT2D eigenvalue weighted by atomic mass is 10.3. The van der Waals surface area contributed by atoms with Gasteiger partial charge in [-0.2, -0.15) is 11.8 Å². The van der Waals surface area contributed by atoms with Gasteiger partial charge in [0.15, 0.2) is 0 Å². The highest BCUT2D eigenvalue weighted by molar-refractivity contribution is 7.98. The van der Waals surface area contributed by atoms with Crippen LogP contribution in [0.1, 0.15) is 12.7 Å². The molecule has 1 heterocycles. The van der Waals surface area contributed by atoms with Crippen molar-refractivity contribution in [2.45, 2.75) is 19.9 Å². The van der Waals surface area contributed by atoms with Crippen molar-refractivity contribution in [2.24, 2.45) is 0 Å². The summed E-state index contributed by atoms with van der Waals surface area (Å²) >= 11 is 1.85. The van der Waals surface area contributed by atoms with Gasteiger partial charge in [0.2, 0.25) is 0 Å². The van der Waals surface area contributed by atoms with Gasteiger partial charge >= 0.3 is 0 Å². The van der Waals surface area contributed by atoms with Gasteiger partial charge < -0.3 is 10.2 Å². The molecular weight excluding hydrogens is 220 g/mol. The third-order valence-corrected chi connectivity index (χ3v) is 3.33. The fourth-order valence-electron chi connectivity index (χ4n) is 1.44. The van der Waals surface area contributed by atoms with Gasteiger partial charge in [-0.05, 0) is 20.1 Å². The van der Waals surface area contributed by atoms with Crippen molar-refractivity contribution in [1.82, 2.24) is 9.97 Å². The Morgan fingerprint density at radius 3 is 2.75 bits per heavy atom. The molecule has 0 aliphatic rings. The Labute approximate surface area is 102 Å². The molecular formula is C11H20N4S. The molecule has 0 fully saturated rings. The maximum Gasteiger partial charge on any atom is 0.134 e. The standard InChI is InChI=1S/C11H20N4S/c1-8(7-16-5)15(4)11-6-10(12-3)13-9(2)14-11/h6,8H,7H2,1-5H3,(H,12,13,14). The van der Waals surface area contributed by atoms with Crippen LogP contribution in [0.5, 0.6) is 0 Å². The van der Waals surface area contributed by atoms with Gasteiger partial charge in [0.1, 0.15) is 17.5 Å². The van der Waals surface area contributed by atoms with Crippen LogP contribution in [0.4, 0.5) is 11.6 Å². The van der Waals surface area contributed by atoms with E-state index in [1.807, 2.05) is 31.8 Å². The first-order valence-electron chi connectivity index (χ1n) is 5.33. The molecule has 0 amide bonds. The Kier molecular flexibility index (Phi) is 4.86. The minimum Gasteiger partial charge on any atom is -0.373 e. The fraction of sp³-hybridized carbons (Fsp3) is 0.636. The number of nitrogens with one attached hydrogen (secondary N) is 1. The molecule has 0 aliphatic carbocycles. The molecule has 1 N–H and O–H groups in total. The number of thioether (sulfide) groups is 1. The lowest BCUT2D eigenvalue weighted by Crippen LogP contribution is -2.31. The number of hydrogen-bond donors (Lipinski definition) is 1. The molecule has 0 radical (unpaired) electrons. The maximum absolute atomic E-state index is 4.45.